The Morgan fingerprint density at radius 2 is 1.79 bits per heavy atom. The van der Waals surface area contributed by atoms with Crippen LogP contribution < -0.4 is 15.5 Å². The number of rotatable bonds is 5. The second kappa shape index (κ2) is 9.24. The van der Waals surface area contributed by atoms with Crippen molar-refractivity contribution in [1.82, 2.24) is 4.90 Å². The second-order valence-corrected chi connectivity index (χ2v) is 7.35. The summed E-state index contributed by atoms with van der Waals surface area (Å²) in [4.78, 5) is 28.6. The van der Waals surface area contributed by atoms with E-state index in [-0.39, 0.29) is 11.5 Å². The van der Waals surface area contributed by atoms with E-state index in [0.717, 1.165) is 44.5 Å². The van der Waals surface area contributed by atoms with E-state index in [2.05, 4.69) is 27.4 Å². The van der Waals surface area contributed by atoms with E-state index >= 15 is 0 Å². The molecule has 2 aromatic carbocycles. The average molecular weight is 419 g/mol. The summed E-state index contributed by atoms with van der Waals surface area (Å²) in [6, 6.07) is 9.18. The molecule has 0 saturated carbocycles. The fourth-order valence-corrected chi connectivity index (χ4v) is 3.53. The van der Waals surface area contributed by atoms with E-state index in [0.29, 0.717) is 16.4 Å². The molecule has 29 heavy (non-hydrogen) atoms. The molecule has 1 aliphatic rings. The number of likely N-dealkylation sites (N-methyl/N-ethyl adjacent to an activating group) is 1. The highest BCUT2D eigenvalue weighted by molar-refractivity contribution is 6.31. The van der Waals surface area contributed by atoms with Crippen molar-refractivity contribution in [3.05, 3.63) is 52.8 Å². The van der Waals surface area contributed by atoms with Gasteiger partial charge in [0.25, 0.3) is 5.91 Å². The largest absolute Gasteiger partial charge is 0.367 e. The molecule has 2 aromatic rings. The van der Waals surface area contributed by atoms with Crippen LogP contribution in [0.2, 0.25) is 5.02 Å². The molecule has 1 heterocycles. The maximum absolute atomic E-state index is 14.3. The van der Waals surface area contributed by atoms with Crippen molar-refractivity contribution in [3.63, 3.8) is 0 Å². The Morgan fingerprint density at radius 1 is 1.07 bits per heavy atom. The number of carbonyl (C=O) groups is 2. The third-order valence-electron chi connectivity index (χ3n) is 4.90. The summed E-state index contributed by atoms with van der Waals surface area (Å²) in [5.41, 5.74) is 1.57. The maximum Gasteiger partial charge on any atom is 0.258 e. The molecular formula is C21H24ClFN4O2. The Balaban J connectivity index is 1.84. The SMILES string of the molecule is CCN1CCN(c2ccc(Cl)cc2NC(=O)c2cc(NC(C)=O)ccc2F)CC1. The van der Waals surface area contributed by atoms with Gasteiger partial charge in [-0.05, 0) is 42.9 Å². The molecule has 0 bridgehead atoms. The zero-order valence-corrected chi connectivity index (χ0v) is 17.2. The first-order valence-corrected chi connectivity index (χ1v) is 9.90. The number of nitrogens with zero attached hydrogens (tertiary/aromatic N) is 2. The summed E-state index contributed by atoms with van der Waals surface area (Å²) >= 11 is 6.15. The van der Waals surface area contributed by atoms with Gasteiger partial charge in [-0.2, -0.15) is 0 Å². The minimum atomic E-state index is -0.670. The highest BCUT2D eigenvalue weighted by Gasteiger charge is 2.21. The van der Waals surface area contributed by atoms with Gasteiger partial charge in [0, 0.05) is 43.8 Å². The van der Waals surface area contributed by atoms with E-state index in [1.54, 1.807) is 12.1 Å². The highest BCUT2D eigenvalue weighted by Crippen LogP contribution is 2.31. The summed E-state index contributed by atoms with van der Waals surface area (Å²) in [6.45, 7) is 7.99. The Kier molecular flexibility index (Phi) is 6.71. The normalized spacial score (nSPS) is 14.6. The van der Waals surface area contributed by atoms with Gasteiger partial charge < -0.3 is 20.4 Å². The average Bonchev–Trinajstić information content (AvgIpc) is 2.69. The predicted octanol–water partition coefficient (Wildman–Crippen LogP) is 3.83. The Labute approximate surface area is 174 Å². The van der Waals surface area contributed by atoms with E-state index < -0.39 is 11.7 Å². The number of nitrogens with one attached hydrogen (secondary N) is 2. The van der Waals surface area contributed by atoms with Gasteiger partial charge in [-0.1, -0.05) is 18.5 Å². The first kappa shape index (κ1) is 21.1. The van der Waals surface area contributed by atoms with Crippen LogP contribution in [0.25, 0.3) is 0 Å². The molecule has 0 aromatic heterocycles. The molecule has 0 atom stereocenters. The lowest BCUT2D eigenvalue weighted by atomic mass is 10.1. The van der Waals surface area contributed by atoms with Crippen LogP contribution in [0, 0.1) is 5.82 Å². The summed E-state index contributed by atoms with van der Waals surface area (Å²) in [5, 5.41) is 5.81. The van der Waals surface area contributed by atoms with Crippen molar-refractivity contribution in [1.29, 1.82) is 0 Å². The number of piperazine rings is 1. The van der Waals surface area contributed by atoms with Crippen LogP contribution in [0.4, 0.5) is 21.5 Å². The molecule has 0 spiro atoms. The number of hydrogen-bond donors (Lipinski definition) is 2. The molecule has 2 N–H and O–H groups in total. The van der Waals surface area contributed by atoms with Gasteiger partial charge in [0.15, 0.2) is 0 Å². The number of hydrogen-bond acceptors (Lipinski definition) is 4. The molecule has 1 saturated heterocycles. The smallest absolute Gasteiger partial charge is 0.258 e. The van der Waals surface area contributed by atoms with E-state index in [1.165, 1.54) is 19.1 Å². The van der Waals surface area contributed by atoms with Gasteiger partial charge in [-0.25, -0.2) is 4.39 Å². The lowest BCUT2D eigenvalue weighted by Gasteiger charge is -2.36. The topological polar surface area (TPSA) is 64.7 Å². The lowest BCUT2D eigenvalue weighted by Crippen LogP contribution is -2.46. The van der Waals surface area contributed by atoms with Crippen molar-refractivity contribution < 1.29 is 14.0 Å². The van der Waals surface area contributed by atoms with E-state index in [9.17, 15) is 14.0 Å². The zero-order valence-electron chi connectivity index (χ0n) is 16.5. The Bertz CT molecular complexity index is 914. The number of carbonyl (C=O) groups excluding carboxylic acids is 2. The molecule has 1 fully saturated rings. The predicted molar refractivity (Wildman–Crippen MR) is 114 cm³/mol. The molecule has 3 rings (SSSR count). The Hall–Kier alpha value is -2.64. The number of anilines is 3. The van der Waals surface area contributed by atoms with Gasteiger partial charge in [-0.3, -0.25) is 9.59 Å². The molecule has 0 unspecified atom stereocenters. The van der Waals surface area contributed by atoms with Crippen LogP contribution in [-0.4, -0.2) is 49.4 Å². The summed E-state index contributed by atoms with van der Waals surface area (Å²) < 4.78 is 14.3. The second-order valence-electron chi connectivity index (χ2n) is 6.91. The monoisotopic (exact) mass is 418 g/mol. The molecule has 154 valence electrons. The molecular weight excluding hydrogens is 395 g/mol. The molecule has 0 radical (unpaired) electrons. The molecule has 8 heteroatoms. The molecule has 0 aliphatic carbocycles. The fourth-order valence-electron chi connectivity index (χ4n) is 3.36. The third kappa shape index (κ3) is 5.25. The first-order chi connectivity index (χ1) is 13.9. The summed E-state index contributed by atoms with van der Waals surface area (Å²) in [6.07, 6.45) is 0. The molecule has 6 nitrogen and oxygen atoms in total. The number of amides is 2. The van der Waals surface area contributed by atoms with Gasteiger partial charge in [0.1, 0.15) is 5.82 Å². The van der Waals surface area contributed by atoms with Gasteiger partial charge >= 0.3 is 0 Å². The van der Waals surface area contributed by atoms with Crippen LogP contribution in [-0.2, 0) is 4.79 Å². The van der Waals surface area contributed by atoms with Gasteiger partial charge in [0.05, 0.1) is 16.9 Å². The Morgan fingerprint density at radius 3 is 2.45 bits per heavy atom. The van der Waals surface area contributed by atoms with E-state index in [4.69, 9.17) is 11.6 Å². The van der Waals surface area contributed by atoms with Gasteiger partial charge in [-0.15, -0.1) is 0 Å². The quantitative estimate of drug-likeness (QED) is 0.774. The van der Waals surface area contributed by atoms with Crippen LogP contribution in [0.5, 0.6) is 0 Å². The van der Waals surface area contributed by atoms with Crippen LogP contribution in [0.3, 0.4) is 0 Å². The minimum absolute atomic E-state index is 0.155. The maximum atomic E-state index is 14.3. The lowest BCUT2D eigenvalue weighted by molar-refractivity contribution is -0.114. The zero-order chi connectivity index (χ0) is 21.0. The fraction of sp³-hybridized carbons (Fsp3) is 0.333. The standard InChI is InChI=1S/C21H24ClFN4O2/c1-3-26-8-10-27(11-9-26)20-7-4-15(22)12-19(20)25-21(29)17-13-16(24-14(2)28)5-6-18(17)23/h4-7,12-13H,3,8-11H2,1-2H3,(H,24,28)(H,25,29). The van der Waals surface area contributed by atoms with Gasteiger partial charge in [0.2, 0.25) is 5.91 Å². The summed E-state index contributed by atoms with van der Waals surface area (Å²) in [5.74, 6) is -1.58. The van der Waals surface area contributed by atoms with Crippen molar-refractivity contribution in [3.8, 4) is 0 Å². The van der Waals surface area contributed by atoms with Crippen LogP contribution in [0.1, 0.15) is 24.2 Å². The van der Waals surface area contributed by atoms with Crippen LogP contribution >= 0.6 is 11.6 Å². The third-order valence-corrected chi connectivity index (χ3v) is 5.13. The summed E-state index contributed by atoms with van der Waals surface area (Å²) in [7, 11) is 0. The number of halogens is 2. The van der Waals surface area contributed by atoms with Crippen molar-refractivity contribution >= 4 is 40.5 Å². The van der Waals surface area contributed by atoms with Crippen molar-refractivity contribution in [2.75, 3.05) is 48.3 Å². The molecule has 1 aliphatic heterocycles. The van der Waals surface area contributed by atoms with Crippen LogP contribution in [0.15, 0.2) is 36.4 Å². The number of benzene rings is 2. The first-order valence-electron chi connectivity index (χ1n) is 9.52. The van der Waals surface area contributed by atoms with Crippen molar-refractivity contribution in [2.24, 2.45) is 0 Å². The minimum Gasteiger partial charge on any atom is -0.367 e. The van der Waals surface area contributed by atoms with E-state index in [1.807, 2.05) is 6.07 Å². The molecule has 2 amide bonds. The van der Waals surface area contributed by atoms with Crippen molar-refractivity contribution in [2.45, 2.75) is 13.8 Å². The highest BCUT2D eigenvalue weighted by atomic mass is 35.5.